The second-order valence-electron chi connectivity index (χ2n) is 5.52. The van der Waals surface area contributed by atoms with Gasteiger partial charge in [-0.1, -0.05) is 17.2 Å². The Labute approximate surface area is 107 Å². The van der Waals surface area contributed by atoms with E-state index < -0.39 is 5.79 Å². The smallest absolute Gasteiger partial charge is 0.209 e. The van der Waals surface area contributed by atoms with E-state index in [1.807, 2.05) is 6.07 Å². The van der Waals surface area contributed by atoms with Gasteiger partial charge in [-0.2, -0.15) is 0 Å². The van der Waals surface area contributed by atoms with E-state index in [0.717, 1.165) is 12.0 Å². The molecule has 0 saturated heterocycles. The Kier molecular flexibility index (Phi) is 2.42. The van der Waals surface area contributed by atoms with Crippen LogP contribution in [-0.2, 0) is 0 Å². The molecule has 18 heavy (non-hydrogen) atoms. The minimum absolute atomic E-state index is 0.0821. The lowest BCUT2D eigenvalue weighted by atomic mass is 9.73. The molecule has 3 nitrogen and oxygen atoms in total. The molecule has 0 aromatic heterocycles. The molecule has 1 saturated carbocycles. The summed E-state index contributed by atoms with van der Waals surface area (Å²) in [6.45, 7) is 4.18. The summed E-state index contributed by atoms with van der Waals surface area (Å²) in [4.78, 5) is 0. The highest BCUT2D eigenvalue weighted by atomic mass is 16.6. The van der Waals surface area contributed by atoms with Crippen LogP contribution < -0.4 is 4.74 Å². The number of phenols is 1. The zero-order chi connectivity index (χ0) is 12.9. The van der Waals surface area contributed by atoms with Crippen molar-refractivity contribution in [1.82, 2.24) is 0 Å². The van der Waals surface area contributed by atoms with Crippen molar-refractivity contribution >= 4 is 0 Å². The fourth-order valence-corrected chi connectivity index (χ4v) is 3.19. The normalized spacial score (nSPS) is 29.5. The molecule has 0 radical (unpaired) electrons. The van der Waals surface area contributed by atoms with Gasteiger partial charge in [0.05, 0.1) is 0 Å². The topological polar surface area (TPSA) is 49.7 Å². The highest BCUT2D eigenvalue weighted by molar-refractivity contribution is 5.52. The third kappa shape index (κ3) is 1.62. The van der Waals surface area contributed by atoms with Crippen LogP contribution >= 0.6 is 0 Å². The van der Waals surface area contributed by atoms with Gasteiger partial charge in [0.25, 0.3) is 0 Å². The summed E-state index contributed by atoms with van der Waals surface area (Å²) in [6.07, 6.45) is 1.99. The first-order valence-electron chi connectivity index (χ1n) is 6.40. The van der Waals surface area contributed by atoms with Gasteiger partial charge in [0.15, 0.2) is 0 Å². The van der Waals surface area contributed by atoms with Crippen molar-refractivity contribution in [3.05, 3.63) is 34.9 Å². The first kappa shape index (κ1) is 11.6. The summed E-state index contributed by atoms with van der Waals surface area (Å²) in [5, 5.41) is 20.5. The lowest BCUT2D eigenvalue weighted by Gasteiger charge is -2.44. The average Bonchev–Trinajstić information content (AvgIpc) is 2.27. The molecule has 2 atom stereocenters. The van der Waals surface area contributed by atoms with Crippen LogP contribution in [0.25, 0.3) is 0 Å². The molecular weight excluding hydrogens is 228 g/mol. The van der Waals surface area contributed by atoms with Crippen molar-refractivity contribution < 1.29 is 14.9 Å². The van der Waals surface area contributed by atoms with E-state index in [4.69, 9.17) is 4.74 Å². The van der Waals surface area contributed by atoms with Crippen molar-refractivity contribution in [2.75, 3.05) is 0 Å². The van der Waals surface area contributed by atoms with Crippen LogP contribution in [0.2, 0.25) is 0 Å². The van der Waals surface area contributed by atoms with Gasteiger partial charge in [0, 0.05) is 24.3 Å². The van der Waals surface area contributed by atoms with Crippen LogP contribution in [0.1, 0.15) is 44.6 Å². The Bertz CT molecular complexity index is 529. The van der Waals surface area contributed by atoms with E-state index in [1.165, 1.54) is 11.1 Å². The van der Waals surface area contributed by atoms with Crippen molar-refractivity contribution in [2.45, 2.75) is 44.8 Å². The molecule has 3 rings (SSSR count). The van der Waals surface area contributed by atoms with Gasteiger partial charge >= 0.3 is 0 Å². The zero-order valence-electron chi connectivity index (χ0n) is 10.7. The highest BCUT2D eigenvalue weighted by Crippen LogP contribution is 2.53. The minimum atomic E-state index is -1.07. The fourth-order valence-electron chi connectivity index (χ4n) is 3.19. The first-order valence-corrected chi connectivity index (χ1v) is 6.40. The molecule has 2 bridgehead atoms. The quantitative estimate of drug-likeness (QED) is 0.692. The monoisotopic (exact) mass is 246 g/mol. The van der Waals surface area contributed by atoms with Crippen molar-refractivity contribution in [3.63, 3.8) is 0 Å². The second kappa shape index (κ2) is 3.75. The van der Waals surface area contributed by atoms with Gasteiger partial charge in [0.1, 0.15) is 11.5 Å². The summed E-state index contributed by atoms with van der Waals surface area (Å²) < 4.78 is 5.67. The maximum Gasteiger partial charge on any atom is 0.209 e. The van der Waals surface area contributed by atoms with Gasteiger partial charge in [0.2, 0.25) is 5.79 Å². The Hall–Kier alpha value is -1.48. The third-order valence-electron chi connectivity index (χ3n) is 4.06. The third-order valence-corrected chi connectivity index (χ3v) is 4.06. The largest absolute Gasteiger partial charge is 0.508 e. The average molecular weight is 246 g/mol. The van der Waals surface area contributed by atoms with Gasteiger partial charge in [-0.3, -0.25) is 0 Å². The molecule has 0 amide bonds. The van der Waals surface area contributed by atoms with Crippen molar-refractivity contribution in [1.29, 1.82) is 0 Å². The van der Waals surface area contributed by atoms with E-state index in [9.17, 15) is 10.2 Å². The van der Waals surface area contributed by atoms with E-state index in [0.29, 0.717) is 18.6 Å². The van der Waals surface area contributed by atoms with Crippen molar-refractivity contribution in [3.8, 4) is 11.5 Å². The SMILES string of the molecule is CC(C)=C1CCC2(O)CC1c1c(O)cccc1O2. The summed E-state index contributed by atoms with van der Waals surface area (Å²) in [5.41, 5.74) is 3.43. The molecule has 2 aliphatic rings. The Morgan fingerprint density at radius 2 is 2.17 bits per heavy atom. The van der Waals surface area contributed by atoms with Crippen LogP contribution in [-0.4, -0.2) is 16.0 Å². The molecule has 1 aromatic carbocycles. The molecule has 1 aliphatic carbocycles. The number of phenolic OH excluding ortho intramolecular Hbond substituents is 1. The zero-order valence-corrected chi connectivity index (χ0v) is 10.7. The number of fused-ring (bicyclic) bond motifs is 4. The predicted octanol–water partition coefficient (Wildman–Crippen LogP) is 3.08. The first-order chi connectivity index (χ1) is 8.50. The van der Waals surface area contributed by atoms with E-state index in [2.05, 4.69) is 13.8 Å². The lowest BCUT2D eigenvalue weighted by molar-refractivity contribution is -0.165. The summed E-state index contributed by atoms with van der Waals surface area (Å²) in [5.74, 6) is -0.101. The maximum absolute atomic E-state index is 10.4. The second-order valence-corrected chi connectivity index (χ2v) is 5.52. The molecule has 2 unspecified atom stereocenters. The minimum Gasteiger partial charge on any atom is -0.508 e. The van der Waals surface area contributed by atoms with Crippen LogP contribution in [0.15, 0.2) is 29.3 Å². The standard InChI is InChI=1S/C15H18O3/c1-9(2)10-6-7-15(17)8-11(10)14-12(16)4-3-5-13(14)18-15/h3-5,11,16-17H,6-8H2,1-2H3. The number of aromatic hydroxyl groups is 1. The summed E-state index contributed by atoms with van der Waals surface area (Å²) in [6, 6.07) is 5.25. The Morgan fingerprint density at radius 3 is 2.89 bits per heavy atom. The number of aliphatic hydroxyl groups is 1. The summed E-state index contributed by atoms with van der Waals surface area (Å²) >= 11 is 0. The van der Waals surface area contributed by atoms with E-state index >= 15 is 0 Å². The van der Waals surface area contributed by atoms with E-state index in [1.54, 1.807) is 12.1 Å². The molecule has 3 heteroatoms. The molecule has 0 spiro atoms. The number of benzene rings is 1. The van der Waals surface area contributed by atoms with Crippen LogP contribution in [0.4, 0.5) is 0 Å². The van der Waals surface area contributed by atoms with E-state index in [-0.39, 0.29) is 11.7 Å². The Balaban J connectivity index is 2.19. The molecule has 2 N–H and O–H groups in total. The molecule has 1 fully saturated rings. The number of ether oxygens (including phenoxy) is 1. The molecule has 1 aromatic rings. The lowest BCUT2D eigenvalue weighted by Crippen LogP contribution is -2.44. The predicted molar refractivity (Wildman–Crippen MR) is 68.7 cm³/mol. The fraction of sp³-hybridized carbons (Fsp3) is 0.467. The van der Waals surface area contributed by atoms with Gasteiger partial charge in [-0.25, -0.2) is 0 Å². The highest BCUT2D eigenvalue weighted by Gasteiger charge is 2.45. The molecule has 1 heterocycles. The summed E-state index contributed by atoms with van der Waals surface area (Å²) in [7, 11) is 0. The number of hydrogen-bond donors (Lipinski definition) is 2. The van der Waals surface area contributed by atoms with Crippen molar-refractivity contribution in [2.24, 2.45) is 0 Å². The van der Waals surface area contributed by atoms with Crippen LogP contribution in [0.3, 0.4) is 0 Å². The van der Waals surface area contributed by atoms with Crippen LogP contribution in [0, 0.1) is 0 Å². The molecular formula is C15H18O3. The Morgan fingerprint density at radius 1 is 1.39 bits per heavy atom. The molecule has 96 valence electrons. The van der Waals surface area contributed by atoms with Crippen LogP contribution in [0.5, 0.6) is 11.5 Å². The number of hydrogen-bond acceptors (Lipinski definition) is 3. The van der Waals surface area contributed by atoms with Gasteiger partial charge < -0.3 is 14.9 Å². The maximum atomic E-state index is 10.4. The van der Waals surface area contributed by atoms with Gasteiger partial charge in [-0.05, 0) is 32.4 Å². The van der Waals surface area contributed by atoms with Gasteiger partial charge in [-0.15, -0.1) is 0 Å². The number of allylic oxidation sites excluding steroid dienone is 2. The number of rotatable bonds is 0. The molecule has 1 aliphatic heterocycles.